The zero-order valence-electron chi connectivity index (χ0n) is 14.2. The van der Waals surface area contributed by atoms with Gasteiger partial charge in [-0.05, 0) is 18.4 Å². The van der Waals surface area contributed by atoms with Gasteiger partial charge in [-0.15, -0.1) is 0 Å². The van der Waals surface area contributed by atoms with Crippen LogP contribution >= 0.6 is 0 Å². The molecule has 0 fully saturated rings. The van der Waals surface area contributed by atoms with Crippen molar-refractivity contribution in [3.63, 3.8) is 0 Å². The summed E-state index contributed by atoms with van der Waals surface area (Å²) in [6.07, 6.45) is 7.40. The molecule has 0 aliphatic carbocycles. The summed E-state index contributed by atoms with van der Waals surface area (Å²) in [5, 5.41) is 7.93. The van der Waals surface area contributed by atoms with E-state index < -0.39 is 0 Å². The van der Waals surface area contributed by atoms with Crippen molar-refractivity contribution in [3.8, 4) is 11.3 Å². The van der Waals surface area contributed by atoms with Gasteiger partial charge in [0.1, 0.15) is 12.1 Å². The molecule has 0 amide bonds. The van der Waals surface area contributed by atoms with Gasteiger partial charge in [0.05, 0.1) is 17.9 Å². The van der Waals surface area contributed by atoms with E-state index >= 15 is 0 Å². The molecule has 0 radical (unpaired) electrons. The highest BCUT2D eigenvalue weighted by Crippen LogP contribution is 2.30. The van der Waals surface area contributed by atoms with Gasteiger partial charge in [-0.25, -0.2) is 9.97 Å². The van der Waals surface area contributed by atoms with Crippen LogP contribution in [0, 0.1) is 0 Å². The largest absolute Gasteiger partial charge is 0.385 e. The fraction of sp³-hybridized carbons (Fsp3) is 0.316. The Labute approximate surface area is 146 Å². The zero-order valence-corrected chi connectivity index (χ0v) is 14.2. The van der Waals surface area contributed by atoms with Gasteiger partial charge in [-0.1, -0.05) is 30.3 Å². The molecule has 1 atom stereocenters. The number of ether oxygens (including phenoxy) is 1. The molecule has 6 heteroatoms. The number of hydrogen-bond donors (Lipinski definition) is 1. The second-order valence-electron chi connectivity index (χ2n) is 6.14. The van der Waals surface area contributed by atoms with Crippen LogP contribution in [-0.4, -0.2) is 40.0 Å². The van der Waals surface area contributed by atoms with Gasteiger partial charge in [-0.3, -0.25) is 4.68 Å². The average molecular weight is 335 g/mol. The number of rotatable bonds is 6. The minimum atomic E-state index is 0.142. The summed E-state index contributed by atoms with van der Waals surface area (Å²) in [5.74, 6) is 0.941. The Kier molecular flexibility index (Phi) is 4.43. The van der Waals surface area contributed by atoms with E-state index in [0.29, 0.717) is 6.61 Å². The quantitative estimate of drug-likeness (QED) is 0.750. The molecule has 0 spiro atoms. The Morgan fingerprint density at radius 3 is 2.96 bits per heavy atom. The van der Waals surface area contributed by atoms with E-state index in [0.717, 1.165) is 36.5 Å². The van der Waals surface area contributed by atoms with Crippen LogP contribution in [0.5, 0.6) is 0 Å². The van der Waals surface area contributed by atoms with Crippen LogP contribution in [-0.2, 0) is 11.2 Å². The Morgan fingerprint density at radius 2 is 2.12 bits per heavy atom. The molecular formula is C19H21N5O. The molecule has 1 N–H and O–H groups in total. The van der Waals surface area contributed by atoms with Gasteiger partial charge in [0.15, 0.2) is 0 Å². The van der Waals surface area contributed by atoms with Crippen LogP contribution < -0.4 is 5.32 Å². The molecule has 1 aliphatic rings. The third-order valence-corrected chi connectivity index (χ3v) is 4.59. The normalized spacial score (nSPS) is 14.1. The van der Waals surface area contributed by atoms with Crippen LogP contribution in [0.2, 0.25) is 0 Å². The first-order chi connectivity index (χ1) is 12.4. The van der Waals surface area contributed by atoms with Crippen LogP contribution in [0.1, 0.15) is 23.6 Å². The number of benzene rings is 1. The summed E-state index contributed by atoms with van der Waals surface area (Å²) in [6, 6.07) is 10.6. The number of fused-ring (bicyclic) bond motifs is 1. The van der Waals surface area contributed by atoms with Gasteiger partial charge in [0, 0.05) is 37.6 Å². The topological polar surface area (TPSA) is 64.9 Å². The van der Waals surface area contributed by atoms with E-state index in [2.05, 4.69) is 50.8 Å². The molecule has 2 aromatic heterocycles. The van der Waals surface area contributed by atoms with Crippen LogP contribution in [0.25, 0.3) is 11.3 Å². The summed E-state index contributed by atoms with van der Waals surface area (Å²) >= 11 is 0. The lowest BCUT2D eigenvalue weighted by atomic mass is 10.0. The minimum absolute atomic E-state index is 0.142. The Bertz CT molecular complexity index is 846. The van der Waals surface area contributed by atoms with Gasteiger partial charge in [0.25, 0.3) is 0 Å². The summed E-state index contributed by atoms with van der Waals surface area (Å²) < 4.78 is 7.31. The van der Waals surface area contributed by atoms with E-state index in [1.54, 1.807) is 13.4 Å². The fourth-order valence-corrected chi connectivity index (χ4v) is 3.34. The molecule has 3 heterocycles. The molecule has 0 saturated heterocycles. The lowest BCUT2D eigenvalue weighted by Crippen LogP contribution is -2.13. The molecule has 128 valence electrons. The maximum atomic E-state index is 5.30. The lowest BCUT2D eigenvalue weighted by Gasteiger charge is -2.17. The highest BCUT2D eigenvalue weighted by molar-refractivity contribution is 5.69. The van der Waals surface area contributed by atoms with Crippen molar-refractivity contribution >= 4 is 5.82 Å². The number of hydrogen-bond acceptors (Lipinski definition) is 5. The SMILES string of the molecule is COCCC(c1ccccc1)n1cc(-c2ncnc3c2CCN3)cn1. The molecule has 0 bridgehead atoms. The van der Waals surface area contributed by atoms with Gasteiger partial charge in [0.2, 0.25) is 0 Å². The number of nitrogens with one attached hydrogen (secondary N) is 1. The van der Waals surface area contributed by atoms with E-state index in [1.807, 2.05) is 16.9 Å². The third kappa shape index (κ3) is 3.13. The average Bonchev–Trinajstić information content (AvgIpc) is 3.32. The van der Waals surface area contributed by atoms with Crippen molar-refractivity contribution in [2.45, 2.75) is 18.9 Å². The van der Waals surface area contributed by atoms with Crippen molar-refractivity contribution in [2.75, 3.05) is 25.6 Å². The molecule has 0 saturated carbocycles. The fourth-order valence-electron chi connectivity index (χ4n) is 3.34. The Balaban J connectivity index is 1.68. The highest BCUT2D eigenvalue weighted by Gasteiger charge is 2.20. The van der Waals surface area contributed by atoms with E-state index in [-0.39, 0.29) is 6.04 Å². The van der Waals surface area contributed by atoms with Gasteiger partial charge < -0.3 is 10.1 Å². The van der Waals surface area contributed by atoms with Crippen LogP contribution in [0.15, 0.2) is 49.1 Å². The smallest absolute Gasteiger partial charge is 0.133 e. The monoisotopic (exact) mass is 335 g/mol. The predicted molar refractivity (Wildman–Crippen MR) is 96.5 cm³/mol. The molecule has 6 nitrogen and oxygen atoms in total. The molecule has 1 aromatic carbocycles. The first kappa shape index (κ1) is 15.8. The standard InChI is InChI=1S/C19H21N5O/c1-25-10-8-17(14-5-3-2-4-6-14)24-12-15(11-23-24)18-16-7-9-20-19(16)22-13-21-18/h2-6,11-13,17H,7-10H2,1H3,(H,20,21,22). The number of nitrogens with zero attached hydrogens (tertiary/aromatic N) is 4. The van der Waals surface area contributed by atoms with Gasteiger partial charge >= 0.3 is 0 Å². The Morgan fingerprint density at radius 1 is 1.24 bits per heavy atom. The predicted octanol–water partition coefficient (Wildman–Crippen LogP) is 2.93. The van der Waals surface area contributed by atoms with Crippen molar-refractivity contribution in [2.24, 2.45) is 0 Å². The lowest BCUT2D eigenvalue weighted by molar-refractivity contribution is 0.182. The molecule has 4 rings (SSSR count). The molecule has 3 aromatic rings. The third-order valence-electron chi connectivity index (χ3n) is 4.59. The summed E-state index contributed by atoms with van der Waals surface area (Å²) in [4.78, 5) is 8.81. The number of aromatic nitrogens is 4. The van der Waals surface area contributed by atoms with Crippen molar-refractivity contribution in [1.29, 1.82) is 0 Å². The van der Waals surface area contributed by atoms with Crippen LogP contribution in [0.3, 0.4) is 0 Å². The van der Waals surface area contributed by atoms with Crippen molar-refractivity contribution < 1.29 is 4.74 Å². The maximum absolute atomic E-state index is 5.30. The van der Waals surface area contributed by atoms with E-state index in [9.17, 15) is 0 Å². The molecule has 1 unspecified atom stereocenters. The summed E-state index contributed by atoms with van der Waals surface area (Å²) in [5.41, 5.74) is 4.40. The molecular weight excluding hydrogens is 314 g/mol. The molecule has 1 aliphatic heterocycles. The van der Waals surface area contributed by atoms with Crippen molar-refractivity contribution in [3.05, 3.63) is 60.2 Å². The number of methoxy groups -OCH3 is 1. The van der Waals surface area contributed by atoms with E-state index in [4.69, 9.17) is 4.74 Å². The second kappa shape index (κ2) is 7.03. The number of anilines is 1. The van der Waals surface area contributed by atoms with Gasteiger partial charge in [-0.2, -0.15) is 5.10 Å². The first-order valence-electron chi connectivity index (χ1n) is 8.53. The Hall–Kier alpha value is -2.73. The summed E-state index contributed by atoms with van der Waals surface area (Å²) in [7, 11) is 1.73. The van der Waals surface area contributed by atoms with Crippen molar-refractivity contribution in [1.82, 2.24) is 19.7 Å². The van der Waals surface area contributed by atoms with E-state index in [1.165, 1.54) is 11.1 Å². The highest BCUT2D eigenvalue weighted by atomic mass is 16.5. The first-order valence-corrected chi connectivity index (χ1v) is 8.53. The van der Waals surface area contributed by atoms with Crippen LogP contribution in [0.4, 0.5) is 5.82 Å². The maximum Gasteiger partial charge on any atom is 0.133 e. The second-order valence-corrected chi connectivity index (χ2v) is 6.14. The minimum Gasteiger partial charge on any atom is -0.385 e. The zero-order chi connectivity index (χ0) is 17.1. The summed E-state index contributed by atoms with van der Waals surface area (Å²) in [6.45, 7) is 1.59. The molecule has 25 heavy (non-hydrogen) atoms.